The minimum Gasteiger partial charge on any atom is -0.462 e. The van der Waals surface area contributed by atoms with Gasteiger partial charge in [-0.15, -0.1) is 0 Å². The predicted molar refractivity (Wildman–Crippen MR) is 72.9 cm³/mol. The van der Waals surface area contributed by atoms with Crippen LogP contribution in [-0.4, -0.2) is 12.6 Å². The first-order chi connectivity index (χ1) is 8.02. The van der Waals surface area contributed by atoms with Crippen molar-refractivity contribution in [2.75, 3.05) is 12.3 Å². The van der Waals surface area contributed by atoms with Crippen LogP contribution in [0.1, 0.15) is 37.0 Å². The molecule has 17 heavy (non-hydrogen) atoms. The van der Waals surface area contributed by atoms with Crippen LogP contribution in [0.2, 0.25) is 0 Å². The van der Waals surface area contributed by atoms with Crippen LogP contribution < -0.4 is 5.73 Å². The molecule has 3 nitrogen and oxygen atoms in total. The predicted octanol–water partition coefficient (Wildman–Crippen LogP) is 3.62. The molecule has 0 fully saturated rings. The smallest absolute Gasteiger partial charge is 0.338 e. The average molecular weight is 300 g/mol. The number of esters is 1. The molecule has 0 aliphatic rings. The molecular formula is C13H18BrNO2. The number of hydrogen-bond acceptors (Lipinski definition) is 3. The van der Waals surface area contributed by atoms with Crippen LogP contribution in [-0.2, 0) is 4.74 Å². The molecule has 0 amide bonds. The zero-order chi connectivity index (χ0) is 12.8. The number of nitrogens with two attached hydrogens (primary N) is 1. The number of carbonyl (C=O) groups excluding carboxylic acids is 1. The maximum atomic E-state index is 11.8. The van der Waals surface area contributed by atoms with E-state index in [1.54, 1.807) is 18.2 Å². The van der Waals surface area contributed by atoms with Crippen molar-refractivity contribution in [2.45, 2.75) is 26.7 Å². The van der Waals surface area contributed by atoms with Crippen molar-refractivity contribution in [2.24, 2.45) is 5.92 Å². The van der Waals surface area contributed by atoms with Crippen molar-refractivity contribution in [3.8, 4) is 0 Å². The average Bonchev–Trinajstić information content (AvgIpc) is 2.25. The molecule has 0 aliphatic heterocycles. The van der Waals surface area contributed by atoms with E-state index in [1.165, 1.54) is 0 Å². The van der Waals surface area contributed by atoms with Crippen molar-refractivity contribution in [3.63, 3.8) is 0 Å². The second-order valence-electron chi connectivity index (χ2n) is 4.27. The van der Waals surface area contributed by atoms with Gasteiger partial charge in [-0.2, -0.15) is 0 Å². The Hall–Kier alpha value is -1.03. The van der Waals surface area contributed by atoms with Gasteiger partial charge in [0.2, 0.25) is 0 Å². The summed E-state index contributed by atoms with van der Waals surface area (Å²) in [6, 6.07) is 5.08. The van der Waals surface area contributed by atoms with E-state index in [-0.39, 0.29) is 5.97 Å². The Balaban J connectivity index is 2.58. The lowest BCUT2D eigenvalue weighted by Crippen LogP contribution is -2.12. The summed E-state index contributed by atoms with van der Waals surface area (Å²) >= 11 is 3.30. The minimum absolute atomic E-state index is 0.319. The Morgan fingerprint density at radius 3 is 2.76 bits per heavy atom. The lowest BCUT2D eigenvalue weighted by Gasteiger charge is -2.11. The molecule has 0 saturated heterocycles. The zero-order valence-corrected chi connectivity index (χ0v) is 11.8. The Morgan fingerprint density at radius 2 is 2.18 bits per heavy atom. The third-order valence-electron chi connectivity index (χ3n) is 2.44. The molecule has 1 unspecified atom stereocenters. The zero-order valence-electron chi connectivity index (χ0n) is 10.2. The molecule has 1 aromatic carbocycles. The lowest BCUT2D eigenvalue weighted by atomic mass is 10.1. The molecule has 0 aliphatic carbocycles. The summed E-state index contributed by atoms with van der Waals surface area (Å²) in [7, 11) is 0. The largest absolute Gasteiger partial charge is 0.462 e. The number of anilines is 1. The van der Waals surface area contributed by atoms with Gasteiger partial charge in [0, 0.05) is 10.2 Å². The molecule has 94 valence electrons. The Kier molecular flexibility index (Phi) is 5.48. The van der Waals surface area contributed by atoms with Crippen LogP contribution in [0.15, 0.2) is 22.7 Å². The summed E-state index contributed by atoms with van der Waals surface area (Å²) in [6.45, 7) is 4.65. The second kappa shape index (κ2) is 6.64. The maximum absolute atomic E-state index is 11.8. The number of ether oxygens (including phenoxy) is 1. The van der Waals surface area contributed by atoms with Gasteiger partial charge in [0.15, 0.2) is 0 Å². The molecule has 1 aromatic rings. The van der Waals surface area contributed by atoms with Crippen LogP contribution in [0, 0.1) is 5.92 Å². The maximum Gasteiger partial charge on any atom is 0.338 e. The fraction of sp³-hybridized carbons (Fsp3) is 0.462. The van der Waals surface area contributed by atoms with Gasteiger partial charge in [-0.05, 0) is 30.5 Å². The molecule has 0 saturated carbocycles. The van der Waals surface area contributed by atoms with E-state index in [9.17, 15) is 4.79 Å². The van der Waals surface area contributed by atoms with E-state index in [2.05, 4.69) is 29.8 Å². The van der Waals surface area contributed by atoms with Crippen LogP contribution in [0.3, 0.4) is 0 Å². The van der Waals surface area contributed by atoms with Crippen LogP contribution in [0.5, 0.6) is 0 Å². The van der Waals surface area contributed by atoms with E-state index in [1.807, 2.05) is 0 Å². The fourth-order valence-electron chi connectivity index (χ4n) is 1.61. The van der Waals surface area contributed by atoms with E-state index >= 15 is 0 Å². The van der Waals surface area contributed by atoms with Crippen molar-refractivity contribution < 1.29 is 9.53 Å². The molecule has 0 bridgehead atoms. The van der Waals surface area contributed by atoms with Gasteiger partial charge in [0.1, 0.15) is 0 Å². The van der Waals surface area contributed by atoms with Gasteiger partial charge in [0.05, 0.1) is 12.2 Å². The van der Waals surface area contributed by atoms with Gasteiger partial charge in [-0.1, -0.05) is 36.2 Å². The highest BCUT2D eigenvalue weighted by Gasteiger charge is 2.10. The first kappa shape index (κ1) is 14.0. The van der Waals surface area contributed by atoms with Crippen molar-refractivity contribution >= 4 is 27.6 Å². The lowest BCUT2D eigenvalue weighted by molar-refractivity contribution is 0.0443. The molecule has 1 rings (SSSR count). The third kappa shape index (κ3) is 4.77. The fourth-order valence-corrected chi connectivity index (χ4v) is 2.12. The number of rotatable bonds is 5. The number of hydrogen-bond donors (Lipinski definition) is 1. The van der Waals surface area contributed by atoms with Crippen molar-refractivity contribution in [3.05, 3.63) is 28.2 Å². The van der Waals surface area contributed by atoms with E-state index in [4.69, 9.17) is 10.5 Å². The highest BCUT2D eigenvalue weighted by molar-refractivity contribution is 9.10. The van der Waals surface area contributed by atoms with Gasteiger partial charge in [0.25, 0.3) is 0 Å². The molecule has 0 heterocycles. The molecule has 2 N–H and O–H groups in total. The summed E-state index contributed by atoms with van der Waals surface area (Å²) in [5.41, 5.74) is 6.70. The van der Waals surface area contributed by atoms with Crippen molar-refractivity contribution in [1.82, 2.24) is 0 Å². The Labute approximate surface area is 110 Å². The normalized spacial score (nSPS) is 12.2. The van der Waals surface area contributed by atoms with Crippen molar-refractivity contribution in [1.29, 1.82) is 0 Å². The molecule has 0 aromatic heterocycles. The Morgan fingerprint density at radius 1 is 1.47 bits per heavy atom. The standard InChI is InChI=1S/C13H18BrNO2/c1-3-4-9(2)8-17-13(16)10-5-11(14)7-12(15)6-10/h5-7,9H,3-4,8,15H2,1-2H3. The van der Waals surface area contributed by atoms with Crippen LogP contribution in [0.4, 0.5) is 5.69 Å². The molecule has 4 heteroatoms. The molecule has 1 atom stereocenters. The first-order valence-corrected chi connectivity index (χ1v) is 6.55. The topological polar surface area (TPSA) is 52.3 Å². The second-order valence-corrected chi connectivity index (χ2v) is 5.18. The highest BCUT2D eigenvalue weighted by atomic mass is 79.9. The van der Waals surface area contributed by atoms with Gasteiger partial charge in [-0.25, -0.2) is 4.79 Å². The minimum atomic E-state index is -0.319. The monoisotopic (exact) mass is 299 g/mol. The van der Waals surface area contributed by atoms with Gasteiger partial charge >= 0.3 is 5.97 Å². The summed E-state index contributed by atoms with van der Waals surface area (Å²) in [6.07, 6.45) is 2.16. The van der Waals surface area contributed by atoms with E-state index in [0.29, 0.717) is 23.8 Å². The first-order valence-electron chi connectivity index (χ1n) is 5.76. The van der Waals surface area contributed by atoms with Crippen LogP contribution in [0.25, 0.3) is 0 Å². The number of nitrogen functional groups attached to an aromatic ring is 1. The number of carbonyl (C=O) groups is 1. The third-order valence-corrected chi connectivity index (χ3v) is 2.89. The Bertz CT molecular complexity index is 373. The quantitative estimate of drug-likeness (QED) is 0.667. The number of halogens is 1. The van der Waals surface area contributed by atoms with E-state index < -0.39 is 0 Å². The summed E-state index contributed by atoms with van der Waals surface area (Å²) in [5, 5.41) is 0. The highest BCUT2D eigenvalue weighted by Crippen LogP contribution is 2.18. The molecule has 0 spiro atoms. The molecular weight excluding hydrogens is 282 g/mol. The number of benzene rings is 1. The van der Waals surface area contributed by atoms with Gasteiger partial charge in [-0.3, -0.25) is 0 Å². The SMILES string of the molecule is CCCC(C)COC(=O)c1cc(N)cc(Br)c1. The van der Waals surface area contributed by atoms with Crippen LogP contribution >= 0.6 is 15.9 Å². The van der Waals surface area contributed by atoms with Gasteiger partial charge < -0.3 is 10.5 Å². The summed E-state index contributed by atoms with van der Waals surface area (Å²) in [4.78, 5) is 11.8. The molecule has 0 radical (unpaired) electrons. The summed E-state index contributed by atoms with van der Waals surface area (Å²) < 4.78 is 6.02. The summed E-state index contributed by atoms with van der Waals surface area (Å²) in [5.74, 6) is 0.0782. The van der Waals surface area contributed by atoms with E-state index in [0.717, 1.165) is 17.3 Å².